The molecule has 3 rings (SSSR count). The number of nitrogens with zero attached hydrogens (tertiary/aromatic N) is 2. The molecule has 0 bridgehead atoms. The molecule has 0 aromatic heterocycles. The van der Waals surface area contributed by atoms with Crippen LogP contribution in [0.3, 0.4) is 0 Å². The van der Waals surface area contributed by atoms with Gasteiger partial charge in [0.05, 0.1) is 11.6 Å². The number of carbonyl (C=O) groups excluding carboxylic acids is 1. The van der Waals surface area contributed by atoms with Crippen LogP contribution in [0.5, 0.6) is 11.5 Å². The maximum Gasteiger partial charge on any atom is 0.264 e. The lowest BCUT2D eigenvalue weighted by Gasteiger charge is -2.15. The van der Waals surface area contributed by atoms with Gasteiger partial charge in [-0.05, 0) is 70.2 Å². The van der Waals surface area contributed by atoms with Crippen LogP contribution in [-0.2, 0) is 11.4 Å². The fourth-order valence-electron chi connectivity index (χ4n) is 3.10. The first-order valence-corrected chi connectivity index (χ1v) is 10.3. The summed E-state index contributed by atoms with van der Waals surface area (Å²) in [6.45, 7) is 1.74. The number of halogens is 2. The number of rotatable bonds is 6. The molecule has 1 aliphatic rings. The highest BCUT2D eigenvalue weighted by Crippen LogP contribution is 2.38. The summed E-state index contributed by atoms with van der Waals surface area (Å²) in [7, 11) is 1.55. The third-order valence-corrected chi connectivity index (χ3v) is 5.44. The summed E-state index contributed by atoms with van der Waals surface area (Å²) in [5.74, 6) is 0.817. The molecule has 150 valence electrons. The fourth-order valence-corrected chi connectivity index (χ4v) is 3.80. The van der Waals surface area contributed by atoms with E-state index in [-0.39, 0.29) is 11.5 Å². The van der Waals surface area contributed by atoms with Crippen molar-refractivity contribution in [2.24, 2.45) is 0 Å². The van der Waals surface area contributed by atoms with Crippen molar-refractivity contribution in [2.75, 3.05) is 20.2 Å². The normalized spacial score (nSPS) is 13.9. The Morgan fingerprint density at radius 1 is 1.28 bits per heavy atom. The molecule has 0 spiro atoms. The maximum atomic E-state index is 12.5. The molecule has 5 nitrogen and oxygen atoms in total. The Morgan fingerprint density at radius 2 is 1.97 bits per heavy atom. The van der Waals surface area contributed by atoms with Gasteiger partial charge in [0.2, 0.25) is 0 Å². The van der Waals surface area contributed by atoms with Crippen molar-refractivity contribution >= 4 is 39.5 Å². The van der Waals surface area contributed by atoms with Crippen molar-refractivity contribution in [1.29, 1.82) is 5.26 Å². The van der Waals surface area contributed by atoms with Gasteiger partial charge in [-0.2, -0.15) is 5.26 Å². The van der Waals surface area contributed by atoms with Gasteiger partial charge < -0.3 is 14.4 Å². The molecule has 1 heterocycles. The number of hydrogen-bond donors (Lipinski definition) is 0. The molecule has 0 N–H and O–H groups in total. The van der Waals surface area contributed by atoms with E-state index in [2.05, 4.69) is 15.9 Å². The summed E-state index contributed by atoms with van der Waals surface area (Å²) >= 11 is 9.42. The summed E-state index contributed by atoms with van der Waals surface area (Å²) in [4.78, 5) is 14.2. The van der Waals surface area contributed by atoms with Gasteiger partial charge in [0, 0.05) is 18.1 Å². The zero-order chi connectivity index (χ0) is 20.8. The monoisotopic (exact) mass is 474 g/mol. The van der Waals surface area contributed by atoms with Gasteiger partial charge in [0.25, 0.3) is 5.91 Å². The third-order valence-electron chi connectivity index (χ3n) is 4.60. The van der Waals surface area contributed by atoms with Gasteiger partial charge in [-0.25, -0.2) is 0 Å². The highest BCUT2D eigenvalue weighted by atomic mass is 79.9. The van der Waals surface area contributed by atoms with Crippen molar-refractivity contribution in [3.8, 4) is 17.6 Å². The number of likely N-dealkylation sites (tertiary alicyclic amines) is 1. The number of ether oxygens (including phenoxy) is 2. The Kier molecular flexibility index (Phi) is 7.18. The second-order valence-electron chi connectivity index (χ2n) is 6.62. The lowest BCUT2D eigenvalue weighted by molar-refractivity contribution is -0.125. The Morgan fingerprint density at radius 3 is 2.59 bits per heavy atom. The summed E-state index contributed by atoms with van der Waals surface area (Å²) in [6.07, 6.45) is 3.53. The fraction of sp³-hybridized carbons (Fsp3) is 0.273. The Balaban J connectivity index is 1.82. The van der Waals surface area contributed by atoms with Crippen LogP contribution in [0.15, 0.2) is 46.4 Å². The summed E-state index contributed by atoms with van der Waals surface area (Å²) in [5.41, 5.74) is 1.75. The molecule has 1 amide bonds. The van der Waals surface area contributed by atoms with Crippen molar-refractivity contribution in [3.63, 3.8) is 0 Å². The standard InChI is InChI=1S/C22H20BrClN2O3/c1-28-20-12-16(10-17(13-25)22(27)26-8-2-3-9-26)11-19(23)21(20)29-14-15-4-6-18(24)7-5-15/h4-7,10-12H,2-3,8-9,14H2,1H3/b17-10+. The highest BCUT2D eigenvalue weighted by molar-refractivity contribution is 9.10. The third kappa shape index (κ3) is 5.31. The molecule has 2 aromatic rings. The van der Waals surface area contributed by atoms with E-state index in [1.807, 2.05) is 18.2 Å². The second-order valence-corrected chi connectivity index (χ2v) is 7.91. The predicted molar refractivity (Wildman–Crippen MR) is 116 cm³/mol. The van der Waals surface area contributed by atoms with Crippen molar-refractivity contribution in [3.05, 3.63) is 62.6 Å². The van der Waals surface area contributed by atoms with Crippen molar-refractivity contribution in [2.45, 2.75) is 19.4 Å². The quantitative estimate of drug-likeness (QED) is 0.424. The van der Waals surface area contributed by atoms with Crippen LogP contribution >= 0.6 is 27.5 Å². The minimum absolute atomic E-state index is 0.107. The van der Waals surface area contributed by atoms with E-state index in [0.717, 1.165) is 18.4 Å². The zero-order valence-corrected chi connectivity index (χ0v) is 18.3. The van der Waals surface area contributed by atoms with E-state index in [0.29, 0.717) is 46.3 Å². The van der Waals surface area contributed by atoms with Crippen LogP contribution < -0.4 is 9.47 Å². The van der Waals surface area contributed by atoms with E-state index in [1.165, 1.54) is 0 Å². The number of amides is 1. The molecule has 0 aliphatic carbocycles. The number of methoxy groups -OCH3 is 1. The number of benzene rings is 2. The topological polar surface area (TPSA) is 62.6 Å². The predicted octanol–water partition coefficient (Wildman–Crippen LogP) is 5.22. The van der Waals surface area contributed by atoms with Gasteiger partial charge >= 0.3 is 0 Å². The van der Waals surface area contributed by atoms with Gasteiger partial charge in [-0.3, -0.25) is 4.79 Å². The molecule has 0 atom stereocenters. The summed E-state index contributed by atoms with van der Waals surface area (Å²) < 4.78 is 12.1. The van der Waals surface area contributed by atoms with Crippen LogP contribution in [0.25, 0.3) is 6.08 Å². The molecule has 7 heteroatoms. The minimum atomic E-state index is -0.233. The minimum Gasteiger partial charge on any atom is -0.493 e. The van der Waals surface area contributed by atoms with E-state index in [1.54, 1.807) is 42.4 Å². The lowest BCUT2D eigenvalue weighted by Crippen LogP contribution is -2.28. The molecule has 1 fully saturated rings. The van der Waals surface area contributed by atoms with Crippen LogP contribution in [0.4, 0.5) is 0 Å². The van der Waals surface area contributed by atoms with Crippen LogP contribution in [0, 0.1) is 11.3 Å². The smallest absolute Gasteiger partial charge is 0.264 e. The first-order chi connectivity index (χ1) is 14.0. The number of hydrogen-bond acceptors (Lipinski definition) is 4. The first-order valence-electron chi connectivity index (χ1n) is 9.17. The first kappa shape index (κ1) is 21.2. The van der Waals surface area contributed by atoms with Gasteiger partial charge in [0.1, 0.15) is 18.2 Å². The largest absolute Gasteiger partial charge is 0.493 e. The van der Waals surface area contributed by atoms with E-state index in [9.17, 15) is 10.1 Å². The number of carbonyl (C=O) groups is 1. The van der Waals surface area contributed by atoms with Gasteiger partial charge in [-0.1, -0.05) is 23.7 Å². The molecule has 1 saturated heterocycles. The Labute approximate surface area is 183 Å². The van der Waals surface area contributed by atoms with E-state index in [4.69, 9.17) is 21.1 Å². The van der Waals surface area contributed by atoms with Gasteiger partial charge in [0.15, 0.2) is 11.5 Å². The van der Waals surface area contributed by atoms with Crippen LogP contribution in [-0.4, -0.2) is 31.0 Å². The Hall–Kier alpha value is -2.49. The lowest BCUT2D eigenvalue weighted by atomic mass is 10.1. The molecular weight excluding hydrogens is 456 g/mol. The van der Waals surface area contributed by atoms with E-state index < -0.39 is 0 Å². The summed E-state index contributed by atoms with van der Waals surface area (Å²) in [5, 5.41) is 10.1. The molecule has 0 saturated carbocycles. The summed E-state index contributed by atoms with van der Waals surface area (Å²) in [6, 6.07) is 13.0. The second kappa shape index (κ2) is 9.82. The molecule has 0 unspecified atom stereocenters. The van der Waals surface area contributed by atoms with Crippen LogP contribution in [0.1, 0.15) is 24.0 Å². The average molecular weight is 476 g/mol. The van der Waals surface area contributed by atoms with Gasteiger partial charge in [-0.15, -0.1) is 0 Å². The molecule has 29 heavy (non-hydrogen) atoms. The number of nitriles is 1. The molecule has 1 aliphatic heterocycles. The molecule has 2 aromatic carbocycles. The SMILES string of the molecule is COc1cc(/C=C(\C#N)C(=O)N2CCCC2)cc(Br)c1OCc1ccc(Cl)cc1. The highest BCUT2D eigenvalue weighted by Gasteiger charge is 2.22. The van der Waals surface area contributed by atoms with Crippen molar-refractivity contribution in [1.82, 2.24) is 4.90 Å². The van der Waals surface area contributed by atoms with Crippen LogP contribution in [0.2, 0.25) is 5.02 Å². The maximum absolute atomic E-state index is 12.5. The average Bonchev–Trinajstić information content (AvgIpc) is 3.26. The van der Waals surface area contributed by atoms with E-state index >= 15 is 0 Å². The zero-order valence-electron chi connectivity index (χ0n) is 16.0. The van der Waals surface area contributed by atoms with Crippen molar-refractivity contribution < 1.29 is 14.3 Å². The molecular formula is C22H20BrClN2O3. The Bertz CT molecular complexity index is 961. The molecule has 0 radical (unpaired) electrons.